The molecule has 4 aromatic rings. The summed E-state index contributed by atoms with van der Waals surface area (Å²) in [5, 5.41) is 2.84. The van der Waals surface area contributed by atoms with E-state index >= 15 is 0 Å². The number of carbonyl (C=O) groups excluding carboxylic acids is 1. The zero-order chi connectivity index (χ0) is 19.6. The summed E-state index contributed by atoms with van der Waals surface area (Å²) in [5.41, 5.74) is 1.87. The van der Waals surface area contributed by atoms with Gasteiger partial charge in [-0.15, -0.1) is 22.7 Å². The molecule has 0 aliphatic carbocycles. The van der Waals surface area contributed by atoms with E-state index in [0.717, 1.165) is 34.9 Å². The minimum Gasteiger partial charge on any atom is -0.335 e. The number of para-hydroxylation sites is 1. The first kappa shape index (κ1) is 18.4. The lowest BCUT2D eigenvalue weighted by atomic mass is 10.2. The molecule has 1 aliphatic rings. The van der Waals surface area contributed by atoms with E-state index in [-0.39, 0.29) is 5.91 Å². The van der Waals surface area contributed by atoms with Gasteiger partial charge in [0, 0.05) is 50.0 Å². The van der Waals surface area contributed by atoms with Crippen molar-refractivity contribution in [2.45, 2.75) is 6.54 Å². The lowest BCUT2D eigenvalue weighted by molar-refractivity contribution is 0.0624. The SMILES string of the molecule is O=C(c1nccnc1-c1nc2ccccc2s1)N1CCN(Cc2cccs2)CC1. The van der Waals surface area contributed by atoms with Gasteiger partial charge < -0.3 is 4.90 Å². The van der Waals surface area contributed by atoms with Gasteiger partial charge in [-0.1, -0.05) is 18.2 Å². The molecule has 29 heavy (non-hydrogen) atoms. The fourth-order valence-electron chi connectivity index (χ4n) is 3.51. The van der Waals surface area contributed by atoms with Crippen LogP contribution in [0.3, 0.4) is 0 Å². The summed E-state index contributed by atoms with van der Waals surface area (Å²) in [7, 11) is 0. The van der Waals surface area contributed by atoms with Gasteiger partial charge in [-0.2, -0.15) is 0 Å². The van der Waals surface area contributed by atoms with Gasteiger partial charge in [0.05, 0.1) is 10.2 Å². The molecule has 1 aliphatic heterocycles. The molecule has 0 atom stereocenters. The van der Waals surface area contributed by atoms with Crippen molar-refractivity contribution >= 4 is 38.8 Å². The fraction of sp³-hybridized carbons (Fsp3) is 0.238. The molecule has 4 heterocycles. The third-order valence-electron chi connectivity index (χ3n) is 5.02. The number of thiophene rings is 1. The minimum atomic E-state index is -0.0665. The van der Waals surface area contributed by atoms with Crippen LogP contribution in [0.15, 0.2) is 54.2 Å². The van der Waals surface area contributed by atoms with Crippen molar-refractivity contribution in [3.05, 3.63) is 64.7 Å². The number of hydrogen-bond acceptors (Lipinski definition) is 7. The standard InChI is InChI=1S/C21H19N5OS2/c27-21(26-11-9-25(10-12-26)14-15-4-3-13-28-15)19-18(22-7-8-23-19)20-24-16-5-1-2-6-17(16)29-20/h1-8,13H,9-12,14H2. The predicted octanol–water partition coefficient (Wildman–Crippen LogP) is 3.77. The lowest BCUT2D eigenvalue weighted by Crippen LogP contribution is -2.48. The molecule has 0 unspecified atom stereocenters. The van der Waals surface area contributed by atoms with Crippen molar-refractivity contribution in [2.75, 3.05) is 26.2 Å². The van der Waals surface area contributed by atoms with Gasteiger partial charge in [0.1, 0.15) is 10.7 Å². The van der Waals surface area contributed by atoms with Crippen molar-refractivity contribution in [1.29, 1.82) is 0 Å². The van der Waals surface area contributed by atoms with Gasteiger partial charge in [-0.3, -0.25) is 9.69 Å². The summed E-state index contributed by atoms with van der Waals surface area (Å²) >= 11 is 3.32. The first-order valence-corrected chi connectivity index (χ1v) is 11.2. The molecular formula is C21H19N5OS2. The maximum absolute atomic E-state index is 13.2. The van der Waals surface area contributed by atoms with Crippen LogP contribution in [-0.4, -0.2) is 56.8 Å². The van der Waals surface area contributed by atoms with E-state index in [4.69, 9.17) is 0 Å². The average Bonchev–Trinajstić information content (AvgIpc) is 3.43. The maximum Gasteiger partial charge on any atom is 0.274 e. The monoisotopic (exact) mass is 421 g/mol. The number of carbonyl (C=O) groups is 1. The molecule has 146 valence electrons. The number of aromatic nitrogens is 3. The highest BCUT2D eigenvalue weighted by atomic mass is 32.1. The van der Waals surface area contributed by atoms with Gasteiger partial charge >= 0.3 is 0 Å². The summed E-state index contributed by atoms with van der Waals surface area (Å²) in [6.07, 6.45) is 3.20. The van der Waals surface area contributed by atoms with Crippen LogP contribution in [-0.2, 0) is 6.54 Å². The highest BCUT2D eigenvalue weighted by Crippen LogP contribution is 2.30. The molecule has 3 aromatic heterocycles. The molecule has 0 spiro atoms. The molecule has 1 amide bonds. The topological polar surface area (TPSA) is 62.2 Å². The molecule has 0 radical (unpaired) electrons. The molecule has 0 N–H and O–H groups in total. The van der Waals surface area contributed by atoms with E-state index in [1.54, 1.807) is 23.7 Å². The van der Waals surface area contributed by atoms with Crippen LogP contribution in [0.25, 0.3) is 20.9 Å². The number of nitrogens with zero attached hydrogens (tertiary/aromatic N) is 5. The summed E-state index contributed by atoms with van der Waals surface area (Å²) in [6.45, 7) is 4.06. The molecule has 8 heteroatoms. The number of hydrogen-bond donors (Lipinski definition) is 0. The second-order valence-electron chi connectivity index (χ2n) is 6.89. The van der Waals surface area contributed by atoms with E-state index in [1.165, 1.54) is 16.2 Å². The number of amides is 1. The number of thiazole rings is 1. The molecule has 1 saturated heterocycles. The first-order chi connectivity index (χ1) is 14.3. The summed E-state index contributed by atoms with van der Waals surface area (Å²) in [6, 6.07) is 12.2. The normalized spacial score (nSPS) is 15.1. The van der Waals surface area contributed by atoms with Crippen molar-refractivity contribution in [3.63, 3.8) is 0 Å². The van der Waals surface area contributed by atoms with E-state index < -0.39 is 0 Å². The predicted molar refractivity (Wildman–Crippen MR) is 116 cm³/mol. The Balaban J connectivity index is 1.34. The Kier molecular flexibility index (Phi) is 5.05. The van der Waals surface area contributed by atoms with Gasteiger partial charge in [-0.25, -0.2) is 15.0 Å². The maximum atomic E-state index is 13.2. The molecule has 1 fully saturated rings. The molecule has 6 nitrogen and oxygen atoms in total. The average molecular weight is 422 g/mol. The Hall–Kier alpha value is -2.68. The van der Waals surface area contributed by atoms with Crippen LogP contribution < -0.4 is 0 Å². The first-order valence-electron chi connectivity index (χ1n) is 9.49. The third kappa shape index (κ3) is 3.78. The number of piperazine rings is 1. The third-order valence-corrected chi connectivity index (χ3v) is 6.92. The van der Waals surface area contributed by atoms with E-state index in [9.17, 15) is 4.79 Å². The van der Waals surface area contributed by atoms with Crippen LogP contribution in [0, 0.1) is 0 Å². The number of rotatable bonds is 4. The van der Waals surface area contributed by atoms with Crippen LogP contribution in [0.5, 0.6) is 0 Å². The lowest BCUT2D eigenvalue weighted by Gasteiger charge is -2.34. The molecular weight excluding hydrogens is 402 g/mol. The van der Waals surface area contributed by atoms with E-state index in [2.05, 4.69) is 37.4 Å². The molecule has 0 saturated carbocycles. The van der Waals surface area contributed by atoms with Crippen LogP contribution in [0.4, 0.5) is 0 Å². The molecule has 5 rings (SSSR count). The van der Waals surface area contributed by atoms with E-state index in [0.29, 0.717) is 24.5 Å². The summed E-state index contributed by atoms with van der Waals surface area (Å²) < 4.78 is 1.08. The van der Waals surface area contributed by atoms with Gasteiger partial charge in [0.25, 0.3) is 5.91 Å². The summed E-state index contributed by atoms with van der Waals surface area (Å²) in [5.74, 6) is -0.0665. The zero-order valence-electron chi connectivity index (χ0n) is 15.7. The Morgan fingerprint density at radius 1 is 1.00 bits per heavy atom. The molecule has 0 bridgehead atoms. The highest BCUT2D eigenvalue weighted by molar-refractivity contribution is 7.21. The Labute approximate surface area is 176 Å². The van der Waals surface area contributed by atoms with E-state index in [1.807, 2.05) is 29.2 Å². The van der Waals surface area contributed by atoms with Crippen LogP contribution in [0.2, 0.25) is 0 Å². The van der Waals surface area contributed by atoms with Crippen molar-refractivity contribution in [3.8, 4) is 10.7 Å². The zero-order valence-corrected chi connectivity index (χ0v) is 17.3. The fourth-order valence-corrected chi connectivity index (χ4v) is 5.22. The Morgan fingerprint density at radius 3 is 2.62 bits per heavy atom. The van der Waals surface area contributed by atoms with Crippen LogP contribution in [0.1, 0.15) is 15.4 Å². The number of benzene rings is 1. The van der Waals surface area contributed by atoms with Crippen LogP contribution >= 0.6 is 22.7 Å². The number of fused-ring (bicyclic) bond motifs is 1. The minimum absolute atomic E-state index is 0.0665. The van der Waals surface area contributed by atoms with Crippen molar-refractivity contribution in [1.82, 2.24) is 24.8 Å². The largest absolute Gasteiger partial charge is 0.335 e. The smallest absolute Gasteiger partial charge is 0.274 e. The van der Waals surface area contributed by atoms with Gasteiger partial charge in [0.2, 0.25) is 0 Å². The molecule has 1 aromatic carbocycles. The second-order valence-corrected chi connectivity index (χ2v) is 8.95. The summed E-state index contributed by atoms with van der Waals surface area (Å²) in [4.78, 5) is 32.3. The van der Waals surface area contributed by atoms with Crippen molar-refractivity contribution < 1.29 is 4.79 Å². The van der Waals surface area contributed by atoms with Gasteiger partial charge in [0.15, 0.2) is 5.69 Å². The Bertz CT molecular complexity index is 1100. The Morgan fingerprint density at radius 2 is 1.83 bits per heavy atom. The highest BCUT2D eigenvalue weighted by Gasteiger charge is 2.26. The van der Waals surface area contributed by atoms with Crippen molar-refractivity contribution in [2.24, 2.45) is 0 Å². The van der Waals surface area contributed by atoms with Gasteiger partial charge in [-0.05, 0) is 23.6 Å². The second kappa shape index (κ2) is 7.98. The quantitative estimate of drug-likeness (QED) is 0.502.